The van der Waals surface area contributed by atoms with Crippen molar-refractivity contribution in [2.24, 2.45) is 0 Å². The first-order valence-electron chi connectivity index (χ1n) is 6.27. The molecular weight excluding hydrogens is 257 g/mol. The molecule has 2 rings (SSSR count). The molecule has 0 atom stereocenters. The fourth-order valence-electron chi connectivity index (χ4n) is 2.16. The van der Waals surface area contributed by atoms with Crippen LogP contribution in [0.25, 0.3) is 0 Å². The maximum Gasteiger partial charge on any atom is 0.335 e. The Labute approximate surface area is 117 Å². The largest absolute Gasteiger partial charge is 0.478 e. The number of carboxylic acid groups (broad SMARTS) is 1. The lowest BCUT2D eigenvalue weighted by atomic mass is 10.1. The summed E-state index contributed by atoms with van der Waals surface area (Å²) in [5, 5.41) is 8.96. The second-order valence-corrected chi connectivity index (χ2v) is 4.75. The molecule has 0 heterocycles. The van der Waals surface area contributed by atoms with Gasteiger partial charge in [0.15, 0.2) is 0 Å². The van der Waals surface area contributed by atoms with Crippen LogP contribution in [0.2, 0.25) is 0 Å². The molecule has 0 aliphatic heterocycles. The summed E-state index contributed by atoms with van der Waals surface area (Å²) in [4.78, 5) is 12.8. The van der Waals surface area contributed by atoms with Crippen molar-refractivity contribution in [3.63, 3.8) is 0 Å². The number of anilines is 1. The van der Waals surface area contributed by atoms with Gasteiger partial charge < -0.3 is 10.0 Å². The lowest BCUT2D eigenvalue weighted by molar-refractivity contribution is 0.0696. The Balaban J connectivity index is 2.28. The molecule has 2 aromatic rings. The molecule has 2 aromatic carbocycles. The molecule has 0 bridgehead atoms. The van der Waals surface area contributed by atoms with Crippen LogP contribution in [0.3, 0.4) is 0 Å². The topological polar surface area (TPSA) is 40.5 Å². The second kappa shape index (κ2) is 5.74. The highest BCUT2D eigenvalue weighted by Crippen LogP contribution is 2.21. The predicted octanol–water partition coefficient (Wildman–Crippen LogP) is 3.47. The molecule has 3 nitrogen and oxygen atoms in total. The zero-order chi connectivity index (χ0) is 14.7. The first-order chi connectivity index (χ1) is 9.49. The van der Waals surface area contributed by atoms with E-state index < -0.39 is 11.8 Å². The number of carbonyl (C=O) groups is 1. The van der Waals surface area contributed by atoms with Crippen molar-refractivity contribution in [2.75, 3.05) is 11.9 Å². The Kier molecular flexibility index (Phi) is 4.03. The fourth-order valence-corrected chi connectivity index (χ4v) is 2.16. The van der Waals surface area contributed by atoms with Gasteiger partial charge >= 0.3 is 5.97 Å². The zero-order valence-electron chi connectivity index (χ0n) is 11.4. The summed E-state index contributed by atoms with van der Waals surface area (Å²) in [7, 11) is 1.86. The van der Waals surface area contributed by atoms with Gasteiger partial charge in [-0.1, -0.05) is 18.2 Å². The summed E-state index contributed by atoms with van der Waals surface area (Å²) in [5.74, 6) is -1.44. The van der Waals surface area contributed by atoms with Crippen LogP contribution >= 0.6 is 0 Å². The standard InChI is InChI=1S/C16H16FNO2/c1-11-5-3-4-6-15(11)18(2)10-13-9-12(16(19)20)7-8-14(13)17/h3-9H,10H2,1-2H3,(H,19,20). The Morgan fingerprint density at radius 1 is 1.25 bits per heavy atom. The number of hydrogen-bond acceptors (Lipinski definition) is 2. The van der Waals surface area contributed by atoms with E-state index in [4.69, 9.17) is 5.11 Å². The minimum Gasteiger partial charge on any atom is -0.478 e. The van der Waals surface area contributed by atoms with Gasteiger partial charge in [-0.15, -0.1) is 0 Å². The molecule has 0 amide bonds. The summed E-state index contributed by atoms with van der Waals surface area (Å²) in [6, 6.07) is 11.6. The Hall–Kier alpha value is -2.36. The van der Waals surface area contributed by atoms with Crippen LogP contribution in [0.4, 0.5) is 10.1 Å². The molecule has 0 fully saturated rings. The minimum absolute atomic E-state index is 0.0968. The van der Waals surface area contributed by atoms with E-state index >= 15 is 0 Å². The van der Waals surface area contributed by atoms with E-state index in [0.717, 1.165) is 11.3 Å². The lowest BCUT2D eigenvalue weighted by Gasteiger charge is -2.22. The van der Waals surface area contributed by atoms with E-state index in [1.807, 2.05) is 43.1 Å². The molecule has 0 unspecified atom stereocenters. The molecule has 4 heteroatoms. The first kappa shape index (κ1) is 14.1. The van der Waals surface area contributed by atoms with Gasteiger partial charge in [-0.05, 0) is 36.8 Å². The van der Waals surface area contributed by atoms with Gasteiger partial charge in [0, 0.05) is 24.8 Å². The number of rotatable bonds is 4. The maximum atomic E-state index is 13.8. The summed E-state index contributed by atoms with van der Waals surface area (Å²) < 4.78 is 13.8. The molecule has 0 saturated heterocycles. The molecule has 20 heavy (non-hydrogen) atoms. The molecule has 0 spiro atoms. The van der Waals surface area contributed by atoms with E-state index in [2.05, 4.69) is 0 Å². The summed E-state index contributed by atoms with van der Waals surface area (Å²) in [6.45, 7) is 2.30. The molecule has 1 N–H and O–H groups in total. The molecule has 0 aliphatic rings. The number of nitrogens with zero attached hydrogens (tertiary/aromatic N) is 1. The van der Waals surface area contributed by atoms with Crippen molar-refractivity contribution in [2.45, 2.75) is 13.5 Å². The van der Waals surface area contributed by atoms with Gasteiger partial charge in [0.25, 0.3) is 0 Å². The minimum atomic E-state index is -1.05. The third-order valence-corrected chi connectivity index (χ3v) is 3.23. The number of hydrogen-bond donors (Lipinski definition) is 1. The van der Waals surface area contributed by atoms with Gasteiger partial charge in [-0.3, -0.25) is 0 Å². The maximum absolute atomic E-state index is 13.8. The van der Waals surface area contributed by atoms with Crippen LogP contribution in [0.5, 0.6) is 0 Å². The third kappa shape index (κ3) is 2.96. The number of benzene rings is 2. The number of halogens is 1. The summed E-state index contributed by atoms with van der Waals surface area (Å²) >= 11 is 0. The smallest absolute Gasteiger partial charge is 0.335 e. The van der Waals surface area contributed by atoms with Crippen molar-refractivity contribution >= 4 is 11.7 Å². The molecule has 104 valence electrons. The molecule has 0 aliphatic carbocycles. The quantitative estimate of drug-likeness (QED) is 0.927. The van der Waals surface area contributed by atoms with Gasteiger partial charge in [-0.2, -0.15) is 0 Å². The Bertz CT molecular complexity index is 640. The van der Waals surface area contributed by atoms with Crippen LogP contribution in [-0.2, 0) is 6.54 Å². The average Bonchev–Trinajstić information content (AvgIpc) is 2.41. The van der Waals surface area contributed by atoms with Crippen LogP contribution in [0, 0.1) is 12.7 Å². The van der Waals surface area contributed by atoms with Crippen molar-refractivity contribution < 1.29 is 14.3 Å². The number of para-hydroxylation sites is 1. The highest BCUT2D eigenvalue weighted by atomic mass is 19.1. The number of aromatic carboxylic acids is 1. The monoisotopic (exact) mass is 273 g/mol. The normalized spacial score (nSPS) is 10.3. The van der Waals surface area contributed by atoms with Crippen molar-refractivity contribution in [3.05, 3.63) is 65.0 Å². The van der Waals surface area contributed by atoms with E-state index in [9.17, 15) is 9.18 Å². The van der Waals surface area contributed by atoms with Crippen LogP contribution in [0.15, 0.2) is 42.5 Å². The van der Waals surface area contributed by atoms with E-state index in [-0.39, 0.29) is 5.56 Å². The van der Waals surface area contributed by atoms with E-state index in [1.54, 1.807) is 0 Å². The lowest BCUT2D eigenvalue weighted by Crippen LogP contribution is -2.18. The predicted molar refractivity (Wildman–Crippen MR) is 76.6 cm³/mol. The van der Waals surface area contributed by atoms with Gasteiger partial charge in [0.1, 0.15) is 5.82 Å². The van der Waals surface area contributed by atoms with Crippen molar-refractivity contribution in [3.8, 4) is 0 Å². The Morgan fingerprint density at radius 3 is 2.60 bits per heavy atom. The van der Waals surface area contributed by atoms with Crippen LogP contribution < -0.4 is 4.90 Å². The van der Waals surface area contributed by atoms with Crippen molar-refractivity contribution in [1.29, 1.82) is 0 Å². The highest BCUT2D eigenvalue weighted by Gasteiger charge is 2.11. The second-order valence-electron chi connectivity index (χ2n) is 4.75. The molecule has 0 saturated carbocycles. The van der Waals surface area contributed by atoms with Crippen LogP contribution in [0.1, 0.15) is 21.5 Å². The van der Waals surface area contributed by atoms with E-state index in [0.29, 0.717) is 12.1 Å². The van der Waals surface area contributed by atoms with Crippen LogP contribution in [-0.4, -0.2) is 18.1 Å². The fraction of sp³-hybridized carbons (Fsp3) is 0.188. The molecular formula is C16H16FNO2. The highest BCUT2D eigenvalue weighted by molar-refractivity contribution is 5.87. The number of carboxylic acids is 1. The zero-order valence-corrected chi connectivity index (χ0v) is 11.4. The van der Waals surface area contributed by atoms with Gasteiger partial charge in [0.2, 0.25) is 0 Å². The summed E-state index contributed by atoms with van der Waals surface area (Å²) in [5.41, 5.74) is 2.55. The van der Waals surface area contributed by atoms with E-state index in [1.165, 1.54) is 18.2 Å². The van der Waals surface area contributed by atoms with Gasteiger partial charge in [-0.25, -0.2) is 9.18 Å². The molecule has 0 aromatic heterocycles. The average molecular weight is 273 g/mol. The van der Waals surface area contributed by atoms with Crippen molar-refractivity contribution in [1.82, 2.24) is 0 Å². The Morgan fingerprint density at radius 2 is 1.95 bits per heavy atom. The van der Waals surface area contributed by atoms with Gasteiger partial charge in [0.05, 0.1) is 5.56 Å². The SMILES string of the molecule is Cc1ccccc1N(C)Cc1cc(C(=O)O)ccc1F. The number of aryl methyl sites for hydroxylation is 1. The molecule has 0 radical (unpaired) electrons. The summed E-state index contributed by atoms with van der Waals surface area (Å²) in [6.07, 6.45) is 0. The first-order valence-corrected chi connectivity index (χ1v) is 6.27. The third-order valence-electron chi connectivity index (χ3n) is 3.23.